The SMILES string of the molecule is NC1(CCN2CCc3ccccc32)CCCC1. The molecule has 3 rings (SSSR count). The zero-order valence-electron chi connectivity index (χ0n) is 10.5. The van der Waals surface area contributed by atoms with Gasteiger partial charge in [-0.2, -0.15) is 0 Å². The van der Waals surface area contributed by atoms with Gasteiger partial charge in [0.1, 0.15) is 0 Å². The molecule has 1 fully saturated rings. The molecule has 17 heavy (non-hydrogen) atoms. The van der Waals surface area contributed by atoms with Crippen molar-refractivity contribution in [3.8, 4) is 0 Å². The Morgan fingerprint density at radius 1 is 1.18 bits per heavy atom. The van der Waals surface area contributed by atoms with Crippen molar-refractivity contribution in [2.24, 2.45) is 5.73 Å². The van der Waals surface area contributed by atoms with E-state index in [0.717, 1.165) is 13.0 Å². The van der Waals surface area contributed by atoms with Crippen LogP contribution in [0.3, 0.4) is 0 Å². The van der Waals surface area contributed by atoms with Crippen molar-refractivity contribution >= 4 is 5.69 Å². The molecule has 2 heteroatoms. The Labute approximate surface area is 104 Å². The van der Waals surface area contributed by atoms with Crippen LogP contribution in [-0.2, 0) is 6.42 Å². The highest BCUT2D eigenvalue weighted by molar-refractivity contribution is 5.57. The first-order chi connectivity index (χ1) is 8.27. The van der Waals surface area contributed by atoms with Gasteiger partial charge in [-0.05, 0) is 37.3 Å². The van der Waals surface area contributed by atoms with Crippen LogP contribution in [0.1, 0.15) is 37.7 Å². The molecule has 0 radical (unpaired) electrons. The van der Waals surface area contributed by atoms with Crippen LogP contribution in [0.15, 0.2) is 24.3 Å². The zero-order valence-corrected chi connectivity index (χ0v) is 10.5. The van der Waals surface area contributed by atoms with Gasteiger partial charge in [-0.3, -0.25) is 0 Å². The lowest BCUT2D eigenvalue weighted by Gasteiger charge is -2.28. The lowest BCUT2D eigenvalue weighted by atomic mass is 9.94. The third kappa shape index (κ3) is 2.19. The van der Waals surface area contributed by atoms with E-state index in [1.54, 1.807) is 0 Å². The third-order valence-electron chi connectivity index (χ3n) is 4.46. The Morgan fingerprint density at radius 3 is 2.76 bits per heavy atom. The molecule has 1 aliphatic heterocycles. The fourth-order valence-electron chi connectivity index (χ4n) is 3.33. The van der Waals surface area contributed by atoms with Gasteiger partial charge in [0, 0.05) is 24.3 Å². The normalized spacial score (nSPS) is 21.8. The van der Waals surface area contributed by atoms with Gasteiger partial charge >= 0.3 is 0 Å². The van der Waals surface area contributed by atoms with E-state index in [4.69, 9.17) is 5.73 Å². The minimum Gasteiger partial charge on any atom is -0.371 e. The van der Waals surface area contributed by atoms with E-state index in [2.05, 4.69) is 29.2 Å². The summed E-state index contributed by atoms with van der Waals surface area (Å²) in [7, 11) is 0. The Bertz CT molecular complexity index is 394. The molecule has 1 heterocycles. The smallest absolute Gasteiger partial charge is 0.0399 e. The fraction of sp³-hybridized carbons (Fsp3) is 0.600. The zero-order chi connectivity index (χ0) is 11.7. The monoisotopic (exact) mass is 230 g/mol. The standard InChI is InChI=1S/C15H22N2/c16-15(8-3-4-9-15)10-12-17-11-7-13-5-1-2-6-14(13)17/h1-2,5-6H,3-4,7-12,16H2. The fourth-order valence-corrected chi connectivity index (χ4v) is 3.33. The maximum Gasteiger partial charge on any atom is 0.0399 e. The van der Waals surface area contributed by atoms with E-state index in [1.807, 2.05) is 0 Å². The van der Waals surface area contributed by atoms with Gasteiger partial charge < -0.3 is 10.6 Å². The molecule has 0 amide bonds. The average Bonchev–Trinajstić information content (AvgIpc) is 2.94. The van der Waals surface area contributed by atoms with Crippen LogP contribution in [0.25, 0.3) is 0 Å². The summed E-state index contributed by atoms with van der Waals surface area (Å²) in [5.41, 5.74) is 9.51. The van der Waals surface area contributed by atoms with E-state index in [-0.39, 0.29) is 5.54 Å². The summed E-state index contributed by atoms with van der Waals surface area (Å²) in [4.78, 5) is 2.52. The van der Waals surface area contributed by atoms with Crippen molar-refractivity contribution in [2.45, 2.75) is 44.1 Å². The van der Waals surface area contributed by atoms with E-state index in [0.29, 0.717) is 0 Å². The van der Waals surface area contributed by atoms with Crippen LogP contribution >= 0.6 is 0 Å². The van der Waals surface area contributed by atoms with E-state index in [9.17, 15) is 0 Å². The first-order valence-electron chi connectivity index (χ1n) is 6.89. The molecule has 2 nitrogen and oxygen atoms in total. The van der Waals surface area contributed by atoms with Crippen LogP contribution in [0.4, 0.5) is 5.69 Å². The Balaban J connectivity index is 1.64. The number of hydrogen-bond acceptors (Lipinski definition) is 2. The number of anilines is 1. The summed E-state index contributed by atoms with van der Waals surface area (Å²) in [5, 5.41) is 0. The van der Waals surface area contributed by atoms with Crippen molar-refractivity contribution in [1.29, 1.82) is 0 Å². The molecule has 1 saturated carbocycles. The maximum atomic E-state index is 6.43. The lowest BCUT2D eigenvalue weighted by molar-refractivity contribution is 0.407. The quantitative estimate of drug-likeness (QED) is 0.865. The van der Waals surface area contributed by atoms with Crippen LogP contribution in [-0.4, -0.2) is 18.6 Å². The van der Waals surface area contributed by atoms with Gasteiger partial charge in [0.15, 0.2) is 0 Å². The topological polar surface area (TPSA) is 29.3 Å². The van der Waals surface area contributed by atoms with E-state index < -0.39 is 0 Å². The number of benzene rings is 1. The number of nitrogens with two attached hydrogens (primary N) is 1. The van der Waals surface area contributed by atoms with Gasteiger partial charge in [-0.15, -0.1) is 0 Å². The average molecular weight is 230 g/mol. The summed E-state index contributed by atoms with van der Waals surface area (Å²) in [6.07, 6.45) is 7.46. The van der Waals surface area contributed by atoms with Crippen LogP contribution in [0.2, 0.25) is 0 Å². The van der Waals surface area contributed by atoms with E-state index >= 15 is 0 Å². The molecule has 2 aliphatic rings. The lowest BCUT2D eigenvalue weighted by Crippen LogP contribution is -2.40. The number of rotatable bonds is 3. The van der Waals surface area contributed by atoms with Gasteiger partial charge in [-0.1, -0.05) is 31.0 Å². The molecule has 0 spiro atoms. The highest BCUT2D eigenvalue weighted by Gasteiger charge is 2.30. The summed E-state index contributed by atoms with van der Waals surface area (Å²) in [5.74, 6) is 0. The summed E-state index contributed by atoms with van der Waals surface area (Å²) in [6, 6.07) is 8.79. The van der Waals surface area contributed by atoms with E-state index in [1.165, 1.54) is 49.9 Å². The summed E-state index contributed by atoms with van der Waals surface area (Å²) < 4.78 is 0. The minimum atomic E-state index is 0.136. The summed E-state index contributed by atoms with van der Waals surface area (Å²) in [6.45, 7) is 2.31. The van der Waals surface area contributed by atoms with Crippen molar-refractivity contribution in [3.05, 3.63) is 29.8 Å². The van der Waals surface area contributed by atoms with Crippen molar-refractivity contribution in [3.63, 3.8) is 0 Å². The molecule has 1 aliphatic carbocycles. The van der Waals surface area contributed by atoms with Gasteiger partial charge in [0.05, 0.1) is 0 Å². The molecule has 92 valence electrons. The number of fused-ring (bicyclic) bond motifs is 1. The molecule has 0 bridgehead atoms. The number of nitrogens with zero attached hydrogens (tertiary/aromatic N) is 1. The van der Waals surface area contributed by atoms with Crippen LogP contribution < -0.4 is 10.6 Å². The highest BCUT2D eigenvalue weighted by Crippen LogP contribution is 2.32. The maximum absolute atomic E-state index is 6.43. The molecule has 2 N–H and O–H groups in total. The largest absolute Gasteiger partial charge is 0.371 e. The van der Waals surface area contributed by atoms with Gasteiger partial charge in [0.25, 0.3) is 0 Å². The van der Waals surface area contributed by atoms with Gasteiger partial charge in [0.2, 0.25) is 0 Å². The molecule has 1 aromatic carbocycles. The summed E-state index contributed by atoms with van der Waals surface area (Å²) >= 11 is 0. The molecule has 0 unspecified atom stereocenters. The predicted octanol–water partition coefficient (Wildman–Crippen LogP) is 2.71. The highest BCUT2D eigenvalue weighted by atomic mass is 15.1. The Hall–Kier alpha value is -1.02. The number of hydrogen-bond donors (Lipinski definition) is 1. The first kappa shape index (κ1) is 11.1. The van der Waals surface area contributed by atoms with Crippen LogP contribution in [0.5, 0.6) is 0 Å². The third-order valence-corrected chi connectivity index (χ3v) is 4.46. The molecule has 0 aromatic heterocycles. The molecule has 0 saturated heterocycles. The Morgan fingerprint density at radius 2 is 1.94 bits per heavy atom. The molecule has 0 atom stereocenters. The van der Waals surface area contributed by atoms with Crippen molar-refractivity contribution in [1.82, 2.24) is 0 Å². The Kier molecular flexibility index (Phi) is 2.83. The van der Waals surface area contributed by atoms with Crippen LogP contribution in [0, 0.1) is 0 Å². The molecular weight excluding hydrogens is 208 g/mol. The van der Waals surface area contributed by atoms with Gasteiger partial charge in [-0.25, -0.2) is 0 Å². The predicted molar refractivity (Wildman–Crippen MR) is 72.4 cm³/mol. The van der Waals surface area contributed by atoms with Crippen molar-refractivity contribution in [2.75, 3.05) is 18.0 Å². The minimum absolute atomic E-state index is 0.136. The van der Waals surface area contributed by atoms with Crippen molar-refractivity contribution < 1.29 is 0 Å². The second-order valence-corrected chi connectivity index (χ2v) is 5.69. The molecule has 1 aromatic rings. The number of para-hydroxylation sites is 1. The molecular formula is C15H22N2. The second kappa shape index (κ2) is 4.34. The second-order valence-electron chi connectivity index (χ2n) is 5.69. The first-order valence-corrected chi connectivity index (χ1v) is 6.89.